The van der Waals surface area contributed by atoms with Crippen molar-refractivity contribution in [1.29, 1.82) is 0 Å². The van der Waals surface area contributed by atoms with E-state index in [0.717, 1.165) is 23.5 Å². The molecule has 5 nitrogen and oxygen atoms in total. The molecule has 0 unspecified atom stereocenters. The van der Waals surface area contributed by atoms with E-state index in [-0.39, 0.29) is 29.7 Å². The van der Waals surface area contributed by atoms with Crippen LogP contribution in [0.2, 0.25) is 0 Å². The molecule has 1 N–H and O–H groups in total. The molecule has 1 saturated heterocycles. The van der Waals surface area contributed by atoms with Crippen molar-refractivity contribution in [3.8, 4) is 0 Å². The molecule has 1 saturated carbocycles. The van der Waals surface area contributed by atoms with E-state index in [9.17, 15) is 9.59 Å². The summed E-state index contributed by atoms with van der Waals surface area (Å²) in [6.07, 6.45) is 3.87. The summed E-state index contributed by atoms with van der Waals surface area (Å²) in [6.45, 7) is 7.24. The molecular weight excluding hydrogens is 322 g/mol. The quantitative estimate of drug-likeness (QED) is 0.889. The molecule has 1 atom stereocenters. The van der Waals surface area contributed by atoms with E-state index >= 15 is 0 Å². The van der Waals surface area contributed by atoms with Crippen LogP contribution in [-0.4, -0.2) is 34.8 Å². The Kier molecular flexibility index (Phi) is 5.23. The van der Waals surface area contributed by atoms with Crippen LogP contribution in [0, 0.1) is 24.7 Å². The van der Waals surface area contributed by atoms with Crippen LogP contribution in [0.5, 0.6) is 0 Å². The Hall–Kier alpha value is -1.43. The number of aromatic nitrogens is 1. The lowest BCUT2D eigenvalue weighted by Crippen LogP contribution is -2.45. The first-order chi connectivity index (χ1) is 11.5. The van der Waals surface area contributed by atoms with Crippen LogP contribution < -0.4 is 5.32 Å². The molecule has 6 heteroatoms. The average molecular weight is 350 g/mol. The van der Waals surface area contributed by atoms with E-state index in [1.807, 2.05) is 31.1 Å². The number of hydrogen-bond donors (Lipinski definition) is 1. The molecule has 1 aliphatic carbocycles. The van der Waals surface area contributed by atoms with Gasteiger partial charge in [-0.3, -0.25) is 9.59 Å². The second-order valence-corrected chi connectivity index (χ2v) is 8.29. The third kappa shape index (κ3) is 3.97. The maximum atomic E-state index is 12.7. The van der Waals surface area contributed by atoms with Gasteiger partial charge in [-0.25, -0.2) is 4.98 Å². The number of amides is 2. The predicted octanol–water partition coefficient (Wildman–Crippen LogP) is 2.91. The Balaban J connectivity index is 1.56. The van der Waals surface area contributed by atoms with Crippen LogP contribution in [0.15, 0.2) is 5.38 Å². The minimum Gasteiger partial charge on any atom is -0.346 e. The summed E-state index contributed by atoms with van der Waals surface area (Å²) in [7, 11) is 0. The second kappa shape index (κ2) is 7.21. The molecule has 0 spiro atoms. The van der Waals surface area contributed by atoms with Crippen LogP contribution in [0.25, 0.3) is 0 Å². The SMILES string of the molecule is Cc1csc([C@@H](NC(=O)C2CCN(C(=O)C(C)C)CC2)C2CC2)n1. The lowest BCUT2D eigenvalue weighted by atomic mass is 9.94. The summed E-state index contributed by atoms with van der Waals surface area (Å²) in [4.78, 5) is 31.2. The summed E-state index contributed by atoms with van der Waals surface area (Å²) in [5.41, 5.74) is 1.02. The van der Waals surface area contributed by atoms with Crippen molar-refractivity contribution < 1.29 is 9.59 Å². The minimum absolute atomic E-state index is 0.0171. The highest BCUT2D eigenvalue weighted by Gasteiger charge is 2.37. The molecule has 132 valence electrons. The molecule has 1 aromatic rings. The fraction of sp³-hybridized carbons (Fsp3) is 0.722. The fourth-order valence-corrected chi connectivity index (χ4v) is 4.26. The second-order valence-electron chi connectivity index (χ2n) is 7.41. The molecule has 3 rings (SSSR count). The van der Waals surface area contributed by atoms with Crippen molar-refractivity contribution >= 4 is 23.2 Å². The first-order valence-electron chi connectivity index (χ1n) is 8.97. The summed E-state index contributed by atoms with van der Waals surface area (Å²) in [6, 6.07) is 0.0755. The summed E-state index contributed by atoms with van der Waals surface area (Å²) in [5.74, 6) is 0.924. The van der Waals surface area contributed by atoms with Gasteiger partial charge in [-0.1, -0.05) is 13.8 Å². The monoisotopic (exact) mass is 349 g/mol. The van der Waals surface area contributed by atoms with Gasteiger partial charge in [0, 0.05) is 36.0 Å². The number of thiazole rings is 1. The van der Waals surface area contributed by atoms with E-state index in [2.05, 4.69) is 10.3 Å². The molecule has 0 bridgehead atoms. The number of rotatable bonds is 5. The zero-order valence-electron chi connectivity index (χ0n) is 14.7. The smallest absolute Gasteiger partial charge is 0.225 e. The van der Waals surface area contributed by atoms with Crippen LogP contribution in [0.4, 0.5) is 0 Å². The maximum absolute atomic E-state index is 12.7. The first kappa shape index (κ1) is 17.4. The third-order valence-electron chi connectivity index (χ3n) is 4.97. The summed E-state index contributed by atoms with van der Waals surface area (Å²) < 4.78 is 0. The topological polar surface area (TPSA) is 62.3 Å². The number of piperidine rings is 1. The largest absolute Gasteiger partial charge is 0.346 e. The van der Waals surface area contributed by atoms with E-state index in [1.54, 1.807) is 11.3 Å². The Morgan fingerprint density at radius 2 is 1.92 bits per heavy atom. The lowest BCUT2D eigenvalue weighted by Gasteiger charge is -2.33. The highest BCUT2D eigenvalue weighted by atomic mass is 32.1. The zero-order chi connectivity index (χ0) is 17.3. The Bertz CT molecular complexity index is 601. The van der Waals surface area contributed by atoms with E-state index in [0.29, 0.717) is 19.0 Å². The van der Waals surface area contributed by atoms with Gasteiger partial charge in [0.15, 0.2) is 0 Å². The van der Waals surface area contributed by atoms with Gasteiger partial charge in [0.05, 0.1) is 6.04 Å². The maximum Gasteiger partial charge on any atom is 0.225 e. The number of carbonyl (C=O) groups is 2. The third-order valence-corrected chi connectivity index (χ3v) is 6.01. The van der Waals surface area contributed by atoms with Gasteiger partial charge >= 0.3 is 0 Å². The number of nitrogens with zero attached hydrogens (tertiary/aromatic N) is 2. The predicted molar refractivity (Wildman–Crippen MR) is 94.6 cm³/mol. The van der Waals surface area contributed by atoms with E-state index in [1.165, 1.54) is 12.8 Å². The zero-order valence-corrected chi connectivity index (χ0v) is 15.6. The molecule has 2 heterocycles. The van der Waals surface area contributed by atoms with Gasteiger partial charge in [-0.05, 0) is 38.5 Å². The minimum atomic E-state index is 0.0171. The van der Waals surface area contributed by atoms with Crippen molar-refractivity contribution in [3.05, 3.63) is 16.1 Å². The van der Waals surface area contributed by atoms with E-state index in [4.69, 9.17) is 0 Å². The highest BCUT2D eigenvalue weighted by Crippen LogP contribution is 2.42. The lowest BCUT2D eigenvalue weighted by molar-refractivity contribution is -0.138. The Labute approximate surface area is 147 Å². The number of carbonyl (C=O) groups excluding carboxylic acids is 2. The van der Waals surface area contributed by atoms with Crippen molar-refractivity contribution in [2.24, 2.45) is 17.8 Å². The molecule has 1 aromatic heterocycles. The Morgan fingerprint density at radius 1 is 1.25 bits per heavy atom. The molecule has 2 aliphatic rings. The normalized spacial score (nSPS) is 20.2. The summed E-state index contributed by atoms with van der Waals surface area (Å²) in [5, 5.41) is 6.34. The van der Waals surface area contributed by atoms with Crippen molar-refractivity contribution in [1.82, 2.24) is 15.2 Å². The molecule has 1 aliphatic heterocycles. The number of hydrogen-bond acceptors (Lipinski definition) is 4. The molecule has 24 heavy (non-hydrogen) atoms. The summed E-state index contributed by atoms with van der Waals surface area (Å²) >= 11 is 1.64. The number of aryl methyl sites for hydroxylation is 1. The van der Waals surface area contributed by atoms with Crippen LogP contribution >= 0.6 is 11.3 Å². The van der Waals surface area contributed by atoms with Crippen molar-refractivity contribution in [2.75, 3.05) is 13.1 Å². The molecule has 2 fully saturated rings. The first-order valence-corrected chi connectivity index (χ1v) is 9.85. The van der Waals surface area contributed by atoms with Gasteiger partial charge in [-0.2, -0.15) is 0 Å². The molecule has 0 radical (unpaired) electrons. The van der Waals surface area contributed by atoms with Gasteiger partial charge < -0.3 is 10.2 Å². The van der Waals surface area contributed by atoms with Gasteiger partial charge in [0.25, 0.3) is 0 Å². The number of nitrogens with one attached hydrogen (secondary N) is 1. The molecule has 0 aromatic carbocycles. The molecular formula is C18H27N3O2S. The molecule has 2 amide bonds. The van der Waals surface area contributed by atoms with Crippen LogP contribution in [0.1, 0.15) is 56.3 Å². The number of likely N-dealkylation sites (tertiary alicyclic amines) is 1. The van der Waals surface area contributed by atoms with Crippen LogP contribution in [0.3, 0.4) is 0 Å². The average Bonchev–Trinajstić information content (AvgIpc) is 3.32. The highest BCUT2D eigenvalue weighted by molar-refractivity contribution is 7.09. The van der Waals surface area contributed by atoms with Gasteiger partial charge in [-0.15, -0.1) is 11.3 Å². The fourth-order valence-electron chi connectivity index (χ4n) is 3.32. The van der Waals surface area contributed by atoms with Crippen molar-refractivity contribution in [2.45, 2.75) is 52.5 Å². The standard InChI is InChI=1S/C18H27N3O2S/c1-11(2)18(23)21-8-6-14(7-9-21)16(22)20-15(13-4-5-13)17-19-12(3)10-24-17/h10-11,13-15H,4-9H2,1-3H3,(H,20,22)/t15-/m0/s1. The van der Waals surface area contributed by atoms with Crippen molar-refractivity contribution in [3.63, 3.8) is 0 Å². The van der Waals surface area contributed by atoms with Gasteiger partial charge in [0.1, 0.15) is 5.01 Å². The van der Waals surface area contributed by atoms with Gasteiger partial charge in [0.2, 0.25) is 11.8 Å². The van der Waals surface area contributed by atoms with Crippen LogP contribution in [-0.2, 0) is 9.59 Å². The van der Waals surface area contributed by atoms with E-state index < -0.39 is 0 Å². The Morgan fingerprint density at radius 3 is 2.42 bits per heavy atom.